The third kappa shape index (κ3) is 8.33. The summed E-state index contributed by atoms with van der Waals surface area (Å²) in [5.41, 5.74) is 0. The fourth-order valence-corrected chi connectivity index (χ4v) is 1.64. The number of carbonyl (C=O) groups excluding carboxylic acids is 1. The van der Waals surface area contributed by atoms with Crippen LogP contribution < -0.4 is 5.32 Å². The molecule has 0 saturated heterocycles. The summed E-state index contributed by atoms with van der Waals surface area (Å²) in [6, 6.07) is 0.455. The minimum absolute atomic E-state index is 0.151. The zero-order chi connectivity index (χ0) is 13.3. The average Bonchev–Trinajstić information content (AvgIpc) is 2.26. The third-order valence-corrected chi connectivity index (χ3v) is 3.03. The maximum Gasteiger partial charge on any atom is 0.149 e. The quantitative estimate of drug-likeness (QED) is 0.597. The van der Waals surface area contributed by atoms with Crippen LogP contribution in [0.4, 0.5) is 0 Å². The summed E-state index contributed by atoms with van der Waals surface area (Å²) in [6.07, 6.45) is 2.35. The molecule has 0 aliphatic heterocycles. The summed E-state index contributed by atoms with van der Waals surface area (Å²) >= 11 is 0. The second kappa shape index (κ2) is 9.60. The molecule has 3 heteroatoms. The first-order valence-electron chi connectivity index (χ1n) is 6.96. The van der Waals surface area contributed by atoms with Gasteiger partial charge in [-0.05, 0) is 46.3 Å². The highest BCUT2D eigenvalue weighted by Crippen LogP contribution is 2.04. The Bertz CT molecular complexity index is 202. The summed E-state index contributed by atoms with van der Waals surface area (Å²) in [5.74, 6) is 0.503. The van der Waals surface area contributed by atoms with Gasteiger partial charge in [-0.3, -0.25) is 9.69 Å². The van der Waals surface area contributed by atoms with Gasteiger partial charge in [0.25, 0.3) is 0 Å². The summed E-state index contributed by atoms with van der Waals surface area (Å²) in [4.78, 5) is 14.0. The lowest BCUT2D eigenvalue weighted by Gasteiger charge is -2.26. The second-order valence-corrected chi connectivity index (χ2v) is 5.25. The topological polar surface area (TPSA) is 32.3 Å². The van der Waals surface area contributed by atoms with Crippen molar-refractivity contribution in [3.05, 3.63) is 0 Å². The van der Waals surface area contributed by atoms with E-state index in [0.29, 0.717) is 18.4 Å². The van der Waals surface area contributed by atoms with Gasteiger partial charge in [-0.2, -0.15) is 0 Å². The molecular weight excluding hydrogens is 212 g/mol. The van der Waals surface area contributed by atoms with Gasteiger partial charge in [0.15, 0.2) is 0 Å². The van der Waals surface area contributed by atoms with E-state index in [1.54, 1.807) is 0 Å². The lowest BCUT2D eigenvalue weighted by atomic mass is 10.1. The van der Waals surface area contributed by atoms with Crippen molar-refractivity contribution < 1.29 is 4.79 Å². The Morgan fingerprint density at radius 3 is 2.29 bits per heavy atom. The molecule has 102 valence electrons. The van der Waals surface area contributed by atoms with E-state index in [1.165, 1.54) is 6.42 Å². The van der Waals surface area contributed by atoms with E-state index in [1.807, 2.05) is 13.8 Å². The van der Waals surface area contributed by atoms with Crippen molar-refractivity contribution in [1.29, 1.82) is 0 Å². The van der Waals surface area contributed by atoms with Crippen LogP contribution in [0.15, 0.2) is 0 Å². The number of nitrogens with one attached hydrogen (secondary N) is 1. The minimum atomic E-state index is 0.151. The SMILES string of the molecule is CCNCCCCN(CC(=O)C(C)C)C(C)C. The number of nitrogens with zero attached hydrogens (tertiary/aromatic N) is 1. The smallest absolute Gasteiger partial charge is 0.149 e. The molecule has 0 rings (SSSR count). The van der Waals surface area contributed by atoms with Crippen molar-refractivity contribution in [1.82, 2.24) is 10.2 Å². The standard InChI is InChI=1S/C14H30N2O/c1-6-15-9-7-8-10-16(13(4)5)11-14(17)12(2)3/h12-13,15H,6-11H2,1-5H3. The van der Waals surface area contributed by atoms with Crippen molar-refractivity contribution in [2.75, 3.05) is 26.2 Å². The molecule has 0 aromatic rings. The molecule has 0 amide bonds. The number of rotatable bonds is 10. The number of hydrogen-bond donors (Lipinski definition) is 1. The van der Waals surface area contributed by atoms with Crippen molar-refractivity contribution >= 4 is 5.78 Å². The molecule has 1 N–H and O–H groups in total. The third-order valence-electron chi connectivity index (χ3n) is 3.03. The predicted molar refractivity (Wildman–Crippen MR) is 74.3 cm³/mol. The number of carbonyl (C=O) groups is 1. The van der Waals surface area contributed by atoms with Gasteiger partial charge in [-0.15, -0.1) is 0 Å². The van der Waals surface area contributed by atoms with Crippen LogP contribution in [0.2, 0.25) is 0 Å². The molecule has 0 spiro atoms. The molecule has 0 unspecified atom stereocenters. The maximum absolute atomic E-state index is 11.7. The molecule has 0 aliphatic carbocycles. The van der Waals surface area contributed by atoms with E-state index >= 15 is 0 Å². The maximum atomic E-state index is 11.7. The Labute approximate surface area is 107 Å². The monoisotopic (exact) mass is 242 g/mol. The highest BCUT2D eigenvalue weighted by Gasteiger charge is 2.15. The number of hydrogen-bond acceptors (Lipinski definition) is 3. The molecule has 0 saturated carbocycles. The zero-order valence-electron chi connectivity index (χ0n) is 12.3. The molecule has 0 heterocycles. The molecule has 0 aliphatic rings. The molecule has 0 aromatic carbocycles. The van der Waals surface area contributed by atoms with Gasteiger partial charge in [-0.25, -0.2) is 0 Å². The van der Waals surface area contributed by atoms with Crippen LogP contribution in [-0.4, -0.2) is 42.9 Å². The molecule has 0 fully saturated rings. The Morgan fingerprint density at radius 2 is 1.82 bits per heavy atom. The Morgan fingerprint density at radius 1 is 1.18 bits per heavy atom. The molecule has 3 nitrogen and oxygen atoms in total. The predicted octanol–water partition coefficient (Wildman–Crippen LogP) is 2.31. The molecule has 0 aromatic heterocycles. The lowest BCUT2D eigenvalue weighted by Crippen LogP contribution is -2.38. The Kier molecular flexibility index (Phi) is 9.37. The van der Waals surface area contributed by atoms with E-state index in [-0.39, 0.29) is 5.92 Å². The van der Waals surface area contributed by atoms with Gasteiger partial charge < -0.3 is 5.32 Å². The molecule has 0 radical (unpaired) electrons. The number of ketones is 1. The van der Waals surface area contributed by atoms with E-state index < -0.39 is 0 Å². The Hall–Kier alpha value is -0.410. The van der Waals surface area contributed by atoms with Crippen molar-refractivity contribution in [2.24, 2.45) is 5.92 Å². The largest absolute Gasteiger partial charge is 0.317 e. The molecular formula is C14H30N2O. The average molecular weight is 242 g/mol. The fourth-order valence-electron chi connectivity index (χ4n) is 1.64. The summed E-state index contributed by atoms with van der Waals surface area (Å²) in [6.45, 7) is 14.2. The Balaban J connectivity index is 3.87. The first kappa shape index (κ1) is 16.6. The zero-order valence-corrected chi connectivity index (χ0v) is 12.3. The van der Waals surface area contributed by atoms with E-state index in [9.17, 15) is 4.79 Å². The van der Waals surface area contributed by atoms with Crippen molar-refractivity contribution in [2.45, 2.75) is 53.5 Å². The lowest BCUT2D eigenvalue weighted by molar-refractivity contribution is -0.123. The normalized spacial score (nSPS) is 11.8. The van der Waals surface area contributed by atoms with Crippen LogP contribution in [-0.2, 0) is 4.79 Å². The van der Waals surface area contributed by atoms with Crippen LogP contribution in [0.25, 0.3) is 0 Å². The fraction of sp³-hybridized carbons (Fsp3) is 0.929. The van der Waals surface area contributed by atoms with Gasteiger partial charge in [-0.1, -0.05) is 20.8 Å². The number of unbranched alkanes of at least 4 members (excludes halogenated alkanes) is 1. The van der Waals surface area contributed by atoms with Gasteiger partial charge >= 0.3 is 0 Å². The minimum Gasteiger partial charge on any atom is -0.317 e. The first-order chi connectivity index (χ1) is 7.99. The van der Waals surface area contributed by atoms with Crippen LogP contribution >= 0.6 is 0 Å². The van der Waals surface area contributed by atoms with Crippen LogP contribution in [0.3, 0.4) is 0 Å². The van der Waals surface area contributed by atoms with Crippen LogP contribution in [0, 0.1) is 5.92 Å². The van der Waals surface area contributed by atoms with Crippen molar-refractivity contribution in [3.63, 3.8) is 0 Å². The van der Waals surface area contributed by atoms with Crippen LogP contribution in [0.1, 0.15) is 47.5 Å². The van der Waals surface area contributed by atoms with Gasteiger partial charge in [0.1, 0.15) is 5.78 Å². The molecule has 0 bridgehead atoms. The second-order valence-electron chi connectivity index (χ2n) is 5.25. The van der Waals surface area contributed by atoms with Crippen LogP contribution in [0.5, 0.6) is 0 Å². The van der Waals surface area contributed by atoms with E-state index in [0.717, 1.165) is 26.1 Å². The molecule has 0 atom stereocenters. The van der Waals surface area contributed by atoms with E-state index in [4.69, 9.17) is 0 Å². The summed E-state index contributed by atoms with van der Waals surface area (Å²) in [5, 5.41) is 3.32. The summed E-state index contributed by atoms with van der Waals surface area (Å²) in [7, 11) is 0. The highest BCUT2D eigenvalue weighted by atomic mass is 16.1. The van der Waals surface area contributed by atoms with Gasteiger partial charge in [0.05, 0.1) is 6.54 Å². The number of Topliss-reactive ketones (excluding diaryl/α,β-unsaturated/α-hetero) is 1. The van der Waals surface area contributed by atoms with Crippen molar-refractivity contribution in [3.8, 4) is 0 Å². The van der Waals surface area contributed by atoms with Gasteiger partial charge in [0.2, 0.25) is 0 Å². The molecule has 17 heavy (non-hydrogen) atoms. The highest BCUT2D eigenvalue weighted by molar-refractivity contribution is 5.82. The van der Waals surface area contributed by atoms with E-state index in [2.05, 4.69) is 31.0 Å². The first-order valence-corrected chi connectivity index (χ1v) is 6.96. The summed E-state index contributed by atoms with van der Waals surface area (Å²) < 4.78 is 0. The van der Waals surface area contributed by atoms with Gasteiger partial charge in [0, 0.05) is 12.0 Å².